The number of amides is 2. The molecule has 1 aromatic rings. The third-order valence-corrected chi connectivity index (χ3v) is 5.52. The van der Waals surface area contributed by atoms with Gasteiger partial charge in [-0.2, -0.15) is 4.98 Å². The summed E-state index contributed by atoms with van der Waals surface area (Å²) in [6.07, 6.45) is 7.03. The Morgan fingerprint density at radius 2 is 2.08 bits per heavy atom. The molecule has 3 rings (SSSR count). The molecular weight excluding hydrogens is 354 g/mol. The van der Waals surface area contributed by atoms with Gasteiger partial charge in [0, 0.05) is 25.7 Å². The zero-order valence-corrected chi connectivity index (χ0v) is 16.1. The summed E-state index contributed by atoms with van der Waals surface area (Å²) in [4.78, 5) is 30.3. The van der Waals surface area contributed by atoms with Crippen LogP contribution in [-0.2, 0) is 4.79 Å². The molecule has 1 aliphatic heterocycles. The van der Waals surface area contributed by atoms with Gasteiger partial charge in [0.05, 0.1) is 0 Å². The minimum absolute atomic E-state index is 0.0148. The average molecular weight is 380 g/mol. The molecule has 1 N–H and O–H groups in total. The summed E-state index contributed by atoms with van der Waals surface area (Å²) in [5.74, 6) is 1.28. The number of rotatable bonds is 4. The molecular formula is C19H26ClN3O3. The molecule has 142 valence electrons. The van der Waals surface area contributed by atoms with Crippen LogP contribution in [0.4, 0.5) is 0 Å². The van der Waals surface area contributed by atoms with Gasteiger partial charge in [-0.1, -0.05) is 12.5 Å². The second kappa shape index (κ2) is 8.25. The summed E-state index contributed by atoms with van der Waals surface area (Å²) < 4.78 is 5.12. The summed E-state index contributed by atoms with van der Waals surface area (Å²) in [5, 5.41) is 2.97. The fourth-order valence-electron chi connectivity index (χ4n) is 3.65. The normalized spacial score (nSPS) is 23.2. The van der Waals surface area contributed by atoms with Crippen molar-refractivity contribution in [1.29, 1.82) is 0 Å². The predicted octanol–water partition coefficient (Wildman–Crippen LogP) is 3.35. The van der Waals surface area contributed by atoms with Crippen LogP contribution in [0.2, 0.25) is 5.35 Å². The molecule has 2 heterocycles. The first kappa shape index (κ1) is 19.0. The first-order chi connectivity index (χ1) is 12.4. The number of carbonyl (C=O) groups excluding carboxylic acids is 2. The number of hydrogen-bond donors (Lipinski definition) is 1. The first-order valence-corrected chi connectivity index (χ1v) is 9.69. The minimum atomic E-state index is -0.162. The van der Waals surface area contributed by atoms with E-state index in [2.05, 4.69) is 17.2 Å². The highest BCUT2D eigenvalue weighted by Gasteiger charge is 2.30. The van der Waals surface area contributed by atoms with Gasteiger partial charge >= 0.3 is 0 Å². The fourth-order valence-corrected chi connectivity index (χ4v) is 3.85. The number of hydrogen-bond acceptors (Lipinski definition) is 4. The molecule has 2 aliphatic rings. The number of likely N-dealkylation sites (tertiary alicyclic amines) is 1. The number of aryl methyl sites for hydroxylation is 1. The van der Waals surface area contributed by atoms with Crippen molar-refractivity contribution >= 4 is 23.4 Å². The maximum absolute atomic E-state index is 12.5. The Labute approximate surface area is 159 Å². The summed E-state index contributed by atoms with van der Waals surface area (Å²) in [6.45, 7) is 5.79. The van der Waals surface area contributed by atoms with Crippen molar-refractivity contribution in [2.75, 3.05) is 19.6 Å². The maximum atomic E-state index is 12.5. The van der Waals surface area contributed by atoms with Gasteiger partial charge in [0.25, 0.3) is 11.3 Å². The zero-order valence-electron chi connectivity index (χ0n) is 15.4. The van der Waals surface area contributed by atoms with Gasteiger partial charge in [0.15, 0.2) is 5.69 Å². The standard InChI is InChI=1S/C19H26ClN3O3/c1-12-3-5-14(6-4-12)9-16(24)21-10-15-7-8-23(11-15)18(25)17-13(2)26-19(20)22-17/h9,12,15H,3-8,10-11H2,1-2H3,(H,21,24)/t12?,15-/m1/s1. The molecule has 1 saturated heterocycles. The topological polar surface area (TPSA) is 75.4 Å². The van der Waals surface area contributed by atoms with Crippen LogP contribution in [0.25, 0.3) is 0 Å². The lowest BCUT2D eigenvalue weighted by molar-refractivity contribution is -0.116. The average Bonchev–Trinajstić information content (AvgIpc) is 3.21. The highest BCUT2D eigenvalue weighted by Crippen LogP contribution is 2.27. The van der Waals surface area contributed by atoms with Crippen LogP contribution >= 0.6 is 11.6 Å². The number of allylic oxidation sites excluding steroid dienone is 1. The second-order valence-corrected chi connectivity index (χ2v) is 7.83. The van der Waals surface area contributed by atoms with Crippen LogP contribution in [0.1, 0.15) is 55.3 Å². The van der Waals surface area contributed by atoms with Crippen LogP contribution in [0.5, 0.6) is 0 Å². The van der Waals surface area contributed by atoms with Gasteiger partial charge in [-0.25, -0.2) is 0 Å². The molecule has 1 saturated carbocycles. The Bertz CT molecular complexity index is 703. The lowest BCUT2D eigenvalue weighted by atomic mass is 9.87. The van der Waals surface area contributed by atoms with Crippen LogP contribution in [0, 0.1) is 18.8 Å². The van der Waals surface area contributed by atoms with E-state index >= 15 is 0 Å². The van der Waals surface area contributed by atoms with Crippen LogP contribution in [0.15, 0.2) is 16.1 Å². The molecule has 0 radical (unpaired) electrons. The van der Waals surface area contributed by atoms with E-state index in [0.29, 0.717) is 25.4 Å². The SMILES string of the molecule is Cc1oc(Cl)nc1C(=O)N1CC[C@H](CNC(=O)C=C2CCC(C)CC2)C1. The molecule has 7 heteroatoms. The molecule has 2 amide bonds. The highest BCUT2D eigenvalue weighted by atomic mass is 35.5. The summed E-state index contributed by atoms with van der Waals surface area (Å²) >= 11 is 5.72. The Morgan fingerprint density at radius 3 is 2.73 bits per heavy atom. The Kier molecular flexibility index (Phi) is 6.01. The molecule has 0 aromatic carbocycles. The number of halogens is 1. The number of aromatic nitrogens is 1. The van der Waals surface area contributed by atoms with E-state index in [1.807, 2.05) is 0 Å². The van der Waals surface area contributed by atoms with Crippen molar-refractivity contribution in [2.45, 2.75) is 46.0 Å². The summed E-state index contributed by atoms with van der Waals surface area (Å²) in [6, 6.07) is 0. The van der Waals surface area contributed by atoms with Crippen molar-refractivity contribution < 1.29 is 14.0 Å². The molecule has 0 bridgehead atoms. The molecule has 0 spiro atoms. The molecule has 26 heavy (non-hydrogen) atoms. The highest BCUT2D eigenvalue weighted by molar-refractivity contribution is 6.27. The van der Waals surface area contributed by atoms with Crippen molar-refractivity contribution in [1.82, 2.24) is 15.2 Å². The smallest absolute Gasteiger partial charge is 0.293 e. The van der Waals surface area contributed by atoms with Crippen molar-refractivity contribution in [3.63, 3.8) is 0 Å². The third-order valence-electron chi connectivity index (χ3n) is 5.36. The van der Waals surface area contributed by atoms with Gasteiger partial charge < -0.3 is 14.6 Å². The number of oxazole rings is 1. The number of carbonyl (C=O) groups is 2. The van der Waals surface area contributed by atoms with Crippen molar-refractivity contribution in [3.05, 3.63) is 28.5 Å². The molecule has 1 atom stereocenters. The lowest BCUT2D eigenvalue weighted by Crippen LogP contribution is -2.33. The summed E-state index contributed by atoms with van der Waals surface area (Å²) in [5.41, 5.74) is 1.53. The minimum Gasteiger partial charge on any atom is -0.432 e. The third kappa shape index (κ3) is 4.67. The van der Waals surface area contributed by atoms with Crippen LogP contribution < -0.4 is 5.32 Å². The van der Waals surface area contributed by atoms with Gasteiger partial charge in [-0.05, 0) is 62.5 Å². The summed E-state index contributed by atoms with van der Waals surface area (Å²) in [7, 11) is 0. The van der Waals surface area contributed by atoms with E-state index < -0.39 is 0 Å². The van der Waals surface area contributed by atoms with Crippen LogP contribution in [0.3, 0.4) is 0 Å². The predicted molar refractivity (Wildman–Crippen MR) is 99.0 cm³/mol. The molecule has 6 nitrogen and oxygen atoms in total. The Hall–Kier alpha value is -1.82. The molecule has 0 unspecified atom stereocenters. The van der Waals surface area contributed by atoms with E-state index in [-0.39, 0.29) is 28.8 Å². The molecule has 1 aromatic heterocycles. The Morgan fingerprint density at radius 1 is 1.35 bits per heavy atom. The van der Waals surface area contributed by atoms with E-state index in [9.17, 15) is 9.59 Å². The molecule has 1 aliphatic carbocycles. The Balaban J connectivity index is 1.46. The van der Waals surface area contributed by atoms with E-state index in [4.69, 9.17) is 16.0 Å². The maximum Gasteiger partial charge on any atom is 0.293 e. The van der Waals surface area contributed by atoms with Gasteiger partial charge in [-0.15, -0.1) is 0 Å². The molecule has 2 fully saturated rings. The van der Waals surface area contributed by atoms with Gasteiger partial charge in [0.2, 0.25) is 5.91 Å². The van der Waals surface area contributed by atoms with E-state index in [1.165, 1.54) is 18.4 Å². The van der Waals surface area contributed by atoms with Crippen molar-refractivity contribution in [3.8, 4) is 0 Å². The van der Waals surface area contributed by atoms with Crippen LogP contribution in [-0.4, -0.2) is 41.3 Å². The number of nitrogens with one attached hydrogen (secondary N) is 1. The first-order valence-electron chi connectivity index (χ1n) is 9.32. The number of nitrogens with zero attached hydrogens (tertiary/aromatic N) is 2. The van der Waals surface area contributed by atoms with Gasteiger partial charge in [-0.3, -0.25) is 9.59 Å². The van der Waals surface area contributed by atoms with Crippen molar-refractivity contribution in [2.24, 2.45) is 11.8 Å². The quantitative estimate of drug-likeness (QED) is 0.814. The zero-order chi connectivity index (χ0) is 18.7. The monoisotopic (exact) mass is 379 g/mol. The van der Waals surface area contributed by atoms with E-state index in [1.54, 1.807) is 17.9 Å². The fraction of sp³-hybridized carbons (Fsp3) is 0.632. The van der Waals surface area contributed by atoms with Gasteiger partial charge in [0.1, 0.15) is 5.76 Å². The van der Waals surface area contributed by atoms with E-state index in [0.717, 1.165) is 25.2 Å². The second-order valence-electron chi connectivity index (χ2n) is 7.51. The lowest BCUT2D eigenvalue weighted by Gasteiger charge is -2.20. The largest absolute Gasteiger partial charge is 0.432 e.